The maximum absolute atomic E-state index is 12.7. The largest absolute Gasteiger partial charge is 0.481 e. The molecule has 2 aromatic rings. The lowest BCUT2D eigenvalue weighted by Gasteiger charge is -2.30. The standard InChI is InChI=1S/C36H54O4S2/c1-14-17-36(12,13)25-18-24(33(3,4)5)19-26(20-25)41-23(2)42-27-21-28(34(6,7)8)32(29(22-27)35(9,10)11)40-31(39)16-15-30(37)38/h18-23H,14-17H2,1-13H3,(H,37,38). The third kappa shape index (κ3) is 10.4. The van der Waals surface area contributed by atoms with Gasteiger partial charge in [0.15, 0.2) is 0 Å². The summed E-state index contributed by atoms with van der Waals surface area (Å²) in [4.78, 5) is 26.1. The number of carbonyl (C=O) groups excluding carboxylic acids is 1. The summed E-state index contributed by atoms with van der Waals surface area (Å²) in [5.74, 6) is -0.958. The zero-order chi connectivity index (χ0) is 32.3. The molecule has 234 valence electrons. The molecule has 2 aromatic carbocycles. The molecule has 0 radical (unpaired) electrons. The van der Waals surface area contributed by atoms with Crippen LogP contribution in [0.1, 0.15) is 138 Å². The van der Waals surface area contributed by atoms with Crippen LogP contribution in [-0.4, -0.2) is 21.6 Å². The van der Waals surface area contributed by atoms with Gasteiger partial charge in [-0.1, -0.05) is 95.6 Å². The highest BCUT2D eigenvalue weighted by Crippen LogP contribution is 2.46. The van der Waals surface area contributed by atoms with Crippen molar-refractivity contribution in [2.45, 2.75) is 152 Å². The predicted molar refractivity (Wildman–Crippen MR) is 181 cm³/mol. The zero-order valence-corrected chi connectivity index (χ0v) is 29.9. The van der Waals surface area contributed by atoms with Crippen molar-refractivity contribution in [3.8, 4) is 5.75 Å². The van der Waals surface area contributed by atoms with Crippen LogP contribution in [0.25, 0.3) is 0 Å². The van der Waals surface area contributed by atoms with E-state index in [0.717, 1.165) is 28.9 Å². The lowest BCUT2D eigenvalue weighted by molar-refractivity contribution is -0.142. The second-order valence-electron chi connectivity index (χ2n) is 15.1. The van der Waals surface area contributed by atoms with Gasteiger partial charge in [-0.15, -0.1) is 23.5 Å². The predicted octanol–water partition coefficient (Wildman–Crippen LogP) is 10.7. The van der Waals surface area contributed by atoms with Crippen LogP contribution in [0.3, 0.4) is 0 Å². The average Bonchev–Trinajstić information content (AvgIpc) is 2.81. The van der Waals surface area contributed by atoms with Crippen LogP contribution in [0.5, 0.6) is 5.75 Å². The van der Waals surface area contributed by atoms with E-state index in [-0.39, 0.29) is 39.1 Å². The molecule has 0 spiro atoms. The topological polar surface area (TPSA) is 63.6 Å². The van der Waals surface area contributed by atoms with Crippen molar-refractivity contribution in [3.05, 3.63) is 52.6 Å². The van der Waals surface area contributed by atoms with Crippen LogP contribution in [0.2, 0.25) is 0 Å². The number of aliphatic carboxylic acids is 1. The van der Waals surface area contributed by atoms with Gasteiger partial charge in [0.2, 0.25) is 0 Å². The number of esters is 1. The van der Waals surface area contributed by atoms with Gasteiger partial charge < -0.3 is 9.84 Å². The summed E-state index contributed by atoms with van der Waals surface area (Å²) < 4.78 is 6.17. The van der Waals surface area contributed by atoms with Gasteiger partial charge in [0.1, 0.15) is 5.75 Å². The SMILES string of the molecule is CCCC(C)(C)c1cc(SC(C)Sc2cc(C(C)(C)C)c(OC(=O)CCC(=O)O)c(C(C)(C)C)c2)cc(C(C)(C)C)c1. The molecule has 2 rings (SSSR count). The first kappa shape index (κ1) is 36.3. The number of hydrogen-bond donors (Lipinski definition) is 1. The van der Waals surface area contributed by atoms with Crippen molar-refractivity contribution in [1.29, 1.82) is 0 Å². The van der Waals surface area contributed by atoms with Crippen LogP contribution in [-0.2, 0) is 31.2 Å². The van der Waals surface area contributed by atoms with Crippen LogP contribution < -0.4 is 4.74 Å². The Morgan fingerprint density at radius 1 is 0.738 bits per heavy atom. The molecular formula is C36H54O4S2. The van der Waals surface area contributed by atoms with E-state index in [1.807, 2.05) is 23.5 Å². The van der Waals surface area contributed by atoms with Gasteiger partial charge in [-0.3, -0.25) is 9.59 Å². The average molecular weight is 615 g/mol. The van der Waals surface area contributed by atoms with Gasteiger partial charge >= 0.3 is 11.9 Å². The highest BCUT2D eigenvalue weighted by atomic mass is 32.2. The lowest BCUT2D eigenvalue weighted by Crippen LogP contribution is -2.22. The van der Waals surface area contributed by atoms with Crippen LogP contribution >= 0.6 is 23.5 Å². The minimum absolute atomic E-state index is 0.0605. The van der Waals surface area contributed by atoms with Crippen molar-refractivity contribution < 1.29 is 19.4 Å². The molecule has 0 amide bonds. The van der Waals surface area contributed by atoms with E-state index < -0.39 is 11.9 Å². The molecule has 1 unspecified atom stereocenters. The van der Waals surface area contributed by atoms with Crippen molar-refractivity contribution in [1.82, 2.24) is 0 Å². The van der Waals surface area contributed by atoms with Gasteiger partial charge in [-0.05, 0) is 70.4 Å². The molecule has 42 heavy (non-hydrogen) atoms. The van der Waals surface area contributed by atoms with E-state index in [4.69, 9.17) is 9.84 Å². The third-order valence-corrected chi connectivity index (χ3v) is 9.73. The van der Waals surface area contributed by atoms with E-state index in [2.05, 4.69) is 120 Å². The van der Waals surface area contributed by atoms with E-state index >= 15 is 0 Å². The van der Waals surface area contributed by atoms with Gasteiger partial charge in [0, 0.05) is 20.9 Å². The van der Waals surface area contributed by atoms with Crippen molar-refractivity contribution in [2.75, 3.05) is 0 Å². The Bertz CT molecular complexity index is 1220. The summed E-state index contributed by atoms with van der Waals surface area (Å²) >= 11 is 3.71. The molecule has 0 saturated heterocycles. The summed E-state index contributed by atoms with van der Waals surface area (Å²) in [5.41, 5.74) is 4.28. The van der Waals surface area contributed by atoms with Crippen molar-refractivity contribution in [2.24, 2.45) is 0 Å². The molecule has 0 bridgehead atoms. The fourth-order valence-electron chi connectivity index (χ4n) is 4.94. The molecular weight excluding hydrogens is 561 g/mol. The van der Waals surface area contributed by atoms with Gasteiger partial charge in [-0.2, -0.15) is 0 Å². The Morgan fingerprint density at radius 2 is 1.21 bits per heavy atom. The first-order valence-corrected chi connectivity index (χ1v) is 16.9. The van der Waals surface area contributed by atoms with Crippen molar-refractivity contribution in [3.63, 3.8) is 0 Å². The highest BCUT2D eigenvalue weighted by molar-refractivity contribution is 8.17. The zero-order valence-electron chi connectivity index (χ0n) is 28.3. The minimum atomic E-state index is -1.01. The Kier molecular flexibility index (Phi) is 11.9. The maximum Gasteiger partial charge on any atom is 0.311 e. The second-order valence-corrected chi connectivity index (χ2v) is 18.3. The molecule has 1 N–H and O–H groups in total. The molecule has 0 aliphatic carbocycles. The molecule has 0 aliphatic heterocycles. The summed E-state index contributed by atoms with van der Waals surface area (Å²) in [7, 11) is 0. The highest BCUT2D eigenvalue weighted by Gasteiger charge is 2.30. The van der Waals surface area contributed by atoms with E-state index in [0.29, 0.717) is 5.75 Å². The Labute approximate surface area is 264 Å². The van der Waals surface area contributed by atoms with E-state index in [9.17, 15) is 9.59 Å². The number of benzene rings is 2. The third-order valence-electron chi connectivity index (χ3n) is 7.47. The summed E-state index contributed by atoms with van der Waals surface area (Å²) in [6.07, 6.45) is 1.90. The number of carbonyl (C=O) groups is 2. The van der Waals surface area contributed by atoms with Crippen LogP contribution in [0.15, 0.2) is 40.1 Å². The van der Waals surface area contributed by atoms with Crippen LogP contribution in [0, 0.1) is 0 Å². The molecule has 0 aromatic heterocycles. The molecule has 1 atom stereocenters. The number of rotatable bonds is 11. The Hall–Kier alpha value is -1.92. The molecule has 6 heteroatoms. The summed E-state index contributed by atoms with van der Waals surface area (Å²) in [5, 5.41) is 9.04. The fourth-order valence-corrected chi connectivity index (χ4v) is 7.32. The first-order chi connectivity index (χ1) is 19.0. The molecule has 4 nitrogen and oxygen atoms in total. The monoisotopic (exact) mass is 614 g/mol. The minimum Gasteiger partial charge on any atom is -0.481 e. The number of carboxylic acid groups (broad SMARTS) is 1. The van der Waals surface area contributed by atoms with Gasteiger partial charge in [0.05, 0.1) is 17.4 Å². The molecule has 0 aliphatic rings. The second kappa shape index (κ2) is 13.8. The molecule has 0 heterocycles. The number of hydrogen-bond acceptors (Lipinski definition) is 5. The number of ether oxygens (including phenoxy) is 1. The van der Waals surface area contributed by atoms with E-state index in [1.54, 1.807) is 0 Å². The Balaban J connectivity index is 2.51. The van der Waals surface area contributed by atoms with Crippen LogP contribution in [0.4, 0.5) is 0 Å². The number of carboxylic acids is 1. The van der Waals surface area contributed by atoms with E-state index in [1.165, 1.54) is 16.0 Å². The van der Waals surface area contributed by atoms with Gasteiger partial charge in [-0.25, -0.2) is 0 Å². The quantitative estimate of drug-likeness (QED) is 0.118. The van der Waals surface area contributed by atoms with Crippen molar-refractivity contribution >= 4 is 35.5 Å². The molecule has 0 saturated carbocycles. The fraction of sp³-hybridized carbons (Fsp3) is 0.611. The smallest absolute Gasteiger partial charge is 0.311 e. The lowest BCUT2D eigenvalue weighted by atomic mass is 9.77. The normalized spacial score (nSPS) is 13.6. The molecule has 0 fully saturated rings. The summed E-state index contributed by atoms with van der Waals surface area (Å²) in [6.45, 7) is 28.8. The Morgan fingerprint density at radius 3 is 1.64 bits per heavy atom. The van der Waals surface area contributed by atoms with Gasteiger partial charge in [0.25, 0.3) is 0 Å². The number of thioether (sulfide) groups is 2. The summed E-state index contributed by atoms with van der Waals surface area (Å²) in [6, 6.07) is 11.4. The maximum atomic E-state index is 12.7. The first-order valence-electron chi connectivity index (χ1n) is 15.2.